The van der Waals surface area contributed by atoms with E-state index in [2.05, 4.69) is 10.3 Å². The molecule has 1 amide bonds. The summed E-state index contributed by atoms with van der Waals surface area (Å²) in [6.45, 7) is 0. The molecule has 0 atom stereocenters. The van der Waals surface area contributed by atoms with Crippen molar-refractivity contribution in [3.63, 3.8) is 0 Å². The van der Waals surface area contributed by atoms with Gasteiger partial charge in [0, 0.05) is 29.8 Å². The highest BCUT2D eigenvalue weighted by molar-refractivity contribution is 7.19. The van der Waals surface area contributed by atoms with Crippen LogP contribution in [0.15, 0.2) is 85.3 Å². The molecule has 0 saturated heterocycles. The summed E-state index contributed by atoms with van der Waals surface area (Å²) < 4.78 is 1.99. The van der Waals surface area contributed by atoms with E-state index in [1.165, 1.54) is 11.3 Å². The fraction of sp³-hybridized carbons (Fsp3) is 0. The van der Waals surface area contributed by atoms with Crippen molar-refractivity contribution in [3.8, 4) is 16.1 Å². The molecule has 0 saturated carbocycles. The highest BCUT2D eigenvalue weighted by Crippen LogP contribution is 2.28. The minimum atomic E-state index is -0.159. The number of hydrogen-bond donors (Lipinski definition) is 1. The molecule has 4 aromatic rings. The maximum Gasteiger partial charge on any atom is 0.257 e. The van der Waals surface area contributed by atoms with E-state index in [0.29, 0.717) is 10.7 Å². The van der Waals surface area contributed by atoms with Gasteiger partial charge in [0.2, 0.25) is 0 Å². The standard InChI is InChI=1S/C20H15N3OS/c24-19(16-8-10-17(11-9-16)23-12-4-5-13-23)22-20-21-14-18(25-20)15-6-2-1-3-7-15/h1-14H,(H,21,22,24). The highest BCUT2D eigenvalue weighted by atomic mass is 32.1. The Bertz CT molecular complexity index is 973. The molecule has 0 radical (unpaired) electrons. The maximum atomic E-state index is 12.4. The van der Waals surface area contributed by atoms with Crippen LogP contribution in [0.2, 0.25) is 0 Å². The number of amides is 1. The molecule has 0 aliphatic heterocycles. The first kappa shape index (κ1) is 15.4. The van der Waals surface area contributed by atoms with Gasteiger partial charge in [0.05, 0.1) is 4.88 Å². The van der Waals surface area contributed by atoms with E-state index in [9.17, 15) is 4.79 Å². The molecule has 0 fully saturated rings. The molecule has 122 valence electrons. The Labute approximate surface area is 149 Å². The van der Waals surface area contributed by atoms with Crippen LogP contribution >= 0.6 is 11.3 Å². The molecule has 0 aliphatic carbocycles. The lowest BCUT2D eigenvalue weighted by molar-refractivity contribution is 0.102. The third-order valence-corrected chi connectivity index (χ3v) is 4.78. The van der Waals surface area contributed by atoms with Crippen LogP contribution in [0, 0.1) is 0 Å². The van der Waals surface area contributed by atoms with Gasteiger partial charge >= 0.3 is 0 Å². The zero-order valence-corrected chi connectivity index (χ0v) is 14.1. The molecule has 5 heteroatoms. The minimum absolute atomic E-state index is 0.159. The molecule has 4 nitrogen and oxygen atoms in total. The van der Waals surface area contributed by atoms with Crippen molar-refractivity contribution in [3.05, 3.63) is 90.9 Å². The van der Waals surface area contributed by atoms with Crippen LogP contribution in [0.5, 0.6) is 0 Å². The number of aromatic nitrogens is 2. The van der Waals surface area contributed by atoms with E-state index in [4.69, 9.17) is 0 Å². The van der Waals surface area contributed by atoms with E-state index < -0.39 is 0 Å². The predicted molar refractivity (Wildman–Crippen MR) is 101 cm³/mol. The van der Waals surface area contributed by atoms with Crippen LogP contribution in [-0.2, 0) is 0 Å². The first-order valence-corrected chi connectivity index (χ1v) is 8.67. The summed E-state index contributed by atoms with van der Waals surface area (Å²) in [5.74, 6) is -0.159. The number of benzene rings is 2. The van der Waals surface area contributed by atoms with E-state index in [1.807, 2.05) is 83.7 Å². The molecule has 2 heterocycles. The number of rotatable bonds is 4. The lowest BCUT2D eigenvalue weighted by Gasteiger charge is -2.05. The van der Waals surface area contributed by atoms with Gasteiger partial charge in [-0.25, -0.2) is 4.98 Å². The third kappa shape index (κ3) is 3.36. The number of nitrogens with one attached hydrogen (secondary N) is 1. The summed E-state index contributed by atoms with van der Waals surface area (Å²) in [5, 5.41) is 3.46. The molecular formula is C20H15N3OS. The molecule has 0 aliphatic rings. The number of anilines is 1. The summed E-state index contributed by atoms with van der Waals surface area (Å²) in [6.07, 6.45) is 5.72. The fourth-order valence-electron chi connectivity index (χ4n) is 2.53. The molecule has 2 aromatic heterocycles. The number of carbonyl (C=O) groups excluding carboxylic acids is 1. The van der Waals surface area contributed by atoms with Crippen molar-refractivity contribution in [2.75, 3.05) is 5.32 Å². The van der Waals surface area contributed by atoms with Crippen LogP contribution in [0.25, 0.3) is 16.1 Å². The van der Waals surface area contributed by atoms with Crippen LogP contribution in [-0.4, -0.2) is 15.5 Å². The van der Waals surface area contributed by atoms with Crippen LogP contribution in [0.1, 0.15) is 10.4 Å². The largest absolute Gasteiger partial charge is 0.324 e. The van der Waals surface area contributed by atoms with Gasteiger partial charge in [-0.15, -0.1) is 0 Å². The SMILES string of the molecule is O=C(Nc1ncc(-c2ccccc2)s1)c1ccc(-n2cccc2)cc1. The molecule has 2 aromatic carbocycles. The average molecular weight is 345 g/mol. The quantitative estimate of drug-likeness (QED) is 0.574. The van der Waals surface area contributed by atoms with Gasteiger partial charge in [-0.1, -0.05) is 41.7 Å². The van der Waals surface area contributed by atoms with Crippen LogP contribution in [0.3, 0.4) is 0 Å². The Morgan fingerprint density at radius 1 is 0.920 bits per heavy atom. The van der Waals surface area contributed by atoms with Gasteiger partial charge in [-0.3, -0.25) is 10.1 Å². The Kier molecular flexibility index (Phi) is 4.14. The first-order chi connectivity index (χ1) is 12.3. The lowest BCUT2D eigenvalue weighted by atomic mass is 10.2. The Hall–Kier alpha value is -3.18. The second-order valence-corrected chi connectivity index (χ2v) is 6.52. The molecule has 4 rings (SSSR count). The van der Waals surface area contributed by atoms with Crippen molar-refractivity contribution in [2.24, 2.45) is 0 Å². The minimum Gasteiger partial charge on any atom is -0.324 e. The second kappa shape index (κ2) is 6.75. The summed E-state index contributed by atoms with van der Waals surface area (Å²) in [5.41, 5.74) is 2.71. The molecular weight excluding hydrogens is 330 g/mol. The number of carbonyl (C=O) groups is 1. The second-order valence-electron chi connectivity index (χ2n) is 5.49. The molecule has 0 unspecified atom stereocenters. The van der Waals surface area contributed by atoms with Gasteiger partial charge in [0.25, 0.3) is 5.91 Å². The van der Waals surface area contributed by atoms with Crippen molar-refractivity contribution in [2.45, 2.75) is 0 Å². The molecule has 1 N–H and O–H groups in total. The number of hydrogen-bond acceptors (Lipinski definition) is 3. The van der Waals surface area contributed by atoms with Gasteiger partial charge in [-0.2, -0.15) is 0 Å². The van der Waals surface area contributed by atoms with Crippen molar-refractivity contribution >= 4 is 22.4 Å². The van der Waals surface area contributed by atoms with E-state index in [0.717, 1.165) is 16.1 Å². The normalized spacial score (nSPS) is 10.6. The van der Waals surface area contributed by atoms with Crippen molar-refractivity contribution in [1.29, 1.82) is 0 Å². The van der Waals surface area contributed by atoms with E-state index in [-0.39, 0.29) is 5.91 Å². The Balaban J connectivity index is 1.48. The molecule has 0 spiro atoms. The summed E-state index contributed by atoms with van der Waals surface area (Å²) >= 11 is 1.46. The first-order valence-electron chi connectivity index (χ1n) is 7.85. The summed E-state index contributed by atoms with van der Waals surface area (Å²) in [4.78, 5) is 17.7. The van der Waals surface area contributed by atoms with Crippen molar-refractivity contribution < 1.29 is 4.79 Å². The van der Waals surface area contributed by atoms with E-state index >= 15 is 0 Å². The van der Waals surface area contributed by atoms with Crippen LogP contribution < -0.4 is 5.32 Å². The zero-order valence-electron chi connectivity index (χ0n) is 13.3. The maximum absolute atomic E-state index is 12.4. The fourth-order valence-corrected chi connectivity index (χ4v) is 3.35. The average Bonchev–Trinajstić information content (AvgIpc) is 3.35. The number of thiazole rings is 1. The predicted octanol–water partition coefficient (Wildman–Crippen LogP) is 4.85. The van der Waals surface area contributed by atoms with Gasteiger partial charge in [0.1, 0.15) is 0 Å². The monoisotopic (exact) mass is 345 g/mol. The van der Waals surface area contributed by atoms with Gasteiger partial charge < -0.3 is 4.57 Å². The van der Waals surface area contributed by atoms with Gasteiger partial charge in [0.15, 0.2) is 5.13 Å². The van der Waals surface area contributed by atoms with E-state index in [1.54, 1.807) is 6.20 Å². The third-order valence-electron chi connectivity index (χ3n) is 3.82. The Morgan fingerprint density at radius 3 is 2.36 bits per heavy atom. The smallest absolute Gasteiger partial charge is 0.257 e. The lowest BCUT2D eigenvalue weighted by Crippen LogP contribution is -2.11. The van der Waals surface area contributed by atoms with Crippen molar-refractivity contribution in [1.82, 2.24) is 9.55 Å². The Morgan fingerprint density at radius 2 is 1.64 bits per heavy atom. The van der Waals surface area contributed by atoms with Crippen LogP contribution in [0.4, 0.5) is 5.13 Å². The zero-order chi connectivity index (χ0) is 17.1. The highest BCUT2D eigenvalue weighted by Gasteiger charge is 2.10. The summed E-state index contributed by atoms with van der Waals surface area (Å²) in [7, 11) is 0. The topological polar surface area (TPSA) is 46.9 Å². The number of nitrogens with zero attached hydrogens (tertiary/aromatic N) is 2. The van der Waals surface area contributed by atoms with Gasteiger partial charge in [-0.05, 0) is 42.0 Å². The molecule has 0 bridgehead atoms. The molecule has 25 heavy (non-hydrogen) atoms. The summed E-state index contributed by atoms with van der Waals surface area (Å²) in [6, 6.07) is 21.4.